The van der Waals surface area contributed by atoms with Gasteiger partial charge in [0, 0.05) is 10.9 Å². The molecule has 2 aromatic heterocycles. The normalized spacial score (nSPS) is 10.9. The van der Waals surface area contributed by atoms with Gasteiger partial charge in [-0.25, -0.2) is 4.79 Å². The van der Waals surface area contributed by atoms with Crippen LogP contribution in [0.15, 0.2) is 63.5 Å². The molecule has 6 heteroatoms. The fraction of sp³-hybridized carbons (Fsp3) is 0.105. The first kappa shape index (κ1) is 15.1. The van der Waals surface area contributed by atoms with Gasteiger partial charge in [-0.2, -0.15) is 4.98 Å². The van der Waals surface area contributed by atoms with Gasteiger partial charge in [-0.1, -0.05) is 53.2 Å². The molecule has 0 N–H and O–H groups in total. The van der Waals surface area contributed by atoms with Gasteiger partial charge < -0.3 is 13.7 Å². The number of carbonyl (C=O) groups excluding carboxylic acids is 1. The number of furan rings is 1. The molecule has 0 spiro atoms. The van der Waals surface area contributed by atoms with Crippen molar-refractivity contribution in [2.75, 3.05) is 0 Å². The second kappa shape index (κ2) is 6.24. The summed E-state index contributed by atoms with van der Waals surface area (Å²) in [5.74, 6) is 0.237. The SMILES string of the molecule is Cc1ccc(-c2noc(COC(=O)c3cc4ccccc4o3)n2)cc1. The van der Waals surface area contributed by atoms with E-state index in [2.05, 4.69) is 10.1 Å². The summed E-state index contributed by atoms with van der Waals surface area (Å²) in [6.45, 7) is 1.89. The molecule has 25 heavy (non-hydrogen) atoms. The molecule has 4 rings (SSSR count). The summed E-state index contributed by atoms with van der Waals surface area (Å²) >= 11 is 0. The second-order valence-corrected chi connectivity index (χ2v) is 5.60. The Morgan fingerprint density at radius 2 is 1.92 bits per heavy atom. The van der Waals surface area contributed by atoms with Crippen molar-refractivity contribution in [1.82, 2.24) is 10.1 Å². The van der Waals surface area contributed by atoms with Crippen LogP contribution in [-0.4, -0.2) is 16.1 Å². The Kier molecular flexibility index (Phi) is 3.78. The molecule has 0 unspecified atom stereocenters. The van der Waals surface area contributed by atoms with Crippen molar-refractivity contribution in [3.63, 3.8) is 0 Å². The van der Waals surface area contributed by atoms with E-state index in [9.17, 15) is 4.79 Å². The predicted octanol–water partition coefficient (Wildman–Crippen LogP) is 4.15. The molecular weight excluding hydrogens is 320 g/mol. The number of aromatic nitrogens is 2. The van der Waals surface area contributed by atoms with Crippen molar-refractivity contribution in [3.05, 3.63) is 71.8 Å². The number of carbonyl (C=O) groups is 1. The summed E-state index contributed by atoms with van der Waals surface area (Å²) in [6, 6.07) is 16.8. The molecule has 124 valence electrons. The van der Waals surface area contributed by atoms with Crippen molar-refractivity contribution in [2.24, 2.45) is 0 Å². The first-order valence-corrected chi connectivity index (χ1v) is 7.74. The molecule has 2 aromatic carbocycles. The van der Waals surface area contributed by atoms with Crippen LogP contribution in [0.1, 0.15) is 22.0 Å². The van der Waals surface area contributed by atoms with E-state index in [4.69, 9.17) is 13.7 Å². The highest BCUT2D eigenvalue weighted by Gasteiger charge is 2.16. The smallest absolute Gasteiger partial charge is 0.374 e. The van der Waals surface area contributed by atoms with Crippen LogP contribution in [0.3, 0.4) is 0 Å². The monoisotopic (exact) mass is 334 g/mol. The lowest BCUT2D eigenvalue weighted by molar-refractivity contribution is 0.0396. The van der Waals surface area contributed by atoms with Gasteiger partial charge in [0.15, 0.2) is 6.61 Å². The zero-order chi connectivity index (χ0) is 17.2. The van der Waals surface area contributed by atoms with Crippen molar-refractivity contribution in [2.45, 2.75) is 13.5 Å². The highest BCUT2D eigenvalue weighted by molar-refractivity contribution is 5.92. The van der Waals surface area contributed by atoms with Crippen molar-refractivity contribution in [3.8, 4) is 11.4 Å². The van der Waals surface area contributed by atoms with Gasteiger partial charge in [0.1, 0.15) is 5.58 Å². The van der Waals surface area contributed by atoms with Gasteiger partial charge in [-0.15, -0.1) is 0 Å². The van der Waals surface area contributed by atoms with E-state index in [0.29, 0.717) is 11.4 Å². The summed E-state index contributed by atoms with van der Waals surface area (Å²) in [7, 11) is 0. The van der Waals surface area contributed by atoms with Crippen LogP contribution in [0.5, 0.6) is 0 Å². The Bertz CT molecular complexity index is 998. The molecular formula is C19H14N2O4. The van der Waals surface area contributed by atoms with E-state index in [1.54, 1.807) is 12.1 Å². The first-order chi connectivity index (χ1) is 12.2. The van der Waals surface area contributed by atoms with Gasteiger partial charge in [0.2, 0.25) is 11.6 Å². The van der Waals surface area contributed by atoms with Crippen LogP contribution in [0.25, 0.3) is 22.4 Å². The number of esters is 1. The van der Waals surface area contributed by atoms with Crippen LogP contribution in [0, 0.1) is 6.92 Å². The molecule has 6 nitrogen and oxygen atoms in total. The fourth-order valence-electron chi connectivity index (χ4n) is 2.41. The van der Waals surface area contributed by atoms with Crippen molar-refractivity contribution >= 4 is 16.9 Å². The maximum Gasteiger partial charge on any atom is 0.374 e. The lowest BCUT2D eigenvalue weighted by Crippen LogP contribution is -2.04. The topological polar surface area (TPSA) is 78.4 Å². The number of benzene rings is 2. The van der Waals surface area contributed by atoms with Crippen LogP contribution >= 0.6 is 0 Å². The number of nitrogens with zero attached hydrogens (tertiary/aromatic N) is 2. The van der Waals surface area contributed by atoms with Crippen LogP contribution in [0.2, 0.25) is 0 Å². The van der Waals surface area contributed by atoms with Crippen molar-refractivity contribution < 1.29 is 18.5 Å². The summed E-state index contributed by atoms with van der Waals surface area (Å²) in [6.07, 6.45) is 0. The Hall–Kier alpha value is -3.41. The second-order valence-electron chi connectivity index (χ2n) is 5.60. The number of aryl methyl sites for hydroxylation is 1. The van der Waals surface area contributed by atoms with Crippen LogP contribution in [-0.2, 0) is 11.3 Å². The Morgan fingerprint density at radius 1 is 1.12 bits per heavy atom. The van der Waals surface area contributed by atoms with E-state index in [-0.39, 0.29) is 18.3 Å². The van der Waals surface area contributed by atoms with E-state index in [1.807, 2.05) is 49.4 Å². The molecule has 0 aliphatic heterocycles. The minimum Gasteiger partial charge on any atom is -0.450 e. The largest absolute Gasteiger partial charge is 0.450 e. The fourth-order valence-corrected chi connectivity index (χ4v) is 2.41. The first-order valence-electron chi connectivity index (χ1n) is 7.74. The average molecular weight is 334 g/mol. The van der Waals surface area contributed by atoms with E-state index in [1.165, 1.54) is 0 Å². The Morgan fingerprint density at radius 3 is 2.72 bits per heavy atom. The third kappa shape index (κ3) is 3.14. The van der Waals surface area contributed by atoms with E-state index >= 15 is 0 Å². The number of fused-ring (bicyclic) bond motifs is 1. The molecule has 0 saturated carbocycles. The van der Waals surface area contributed by atoms with Gasteiger partial charge in [0.05, 0.1) is 0 Å². The standard InChI is InChI=1S/C19H14N2O4/c1-12-6-8-13(9-7-12)18-20-17(25-21-18)11-23-19(22)16-10-14-4-2-3-5-15(14)24-16/h2-10H,11H2,1H3. The maximum absolute atomic E-state index is 12.1. The van der Waals surface area contributed by atoms with Crippen LogP contribution < -0.4 is 0 Å². The minimum atomic E-state index is -0.578. The van der Waals surface area contributed by atoms with E-state index < -0.39 is 5.97 Å². The molecule has 0 aliphatic carbocycles. The molecule has 0 bridgehead atoms. The van der Waals surface area contributed by atoms with Gasteiger partial charge in [-0.3, -0.25) is 0 Å². The predicted molar refractivity (Wildman–Crippen MR) is 89.8 cm³/mol. The average Bonchev–Trinajstić information content (AvgIpc) is 3.27. The lowest BCUT2D eigenvalue weighted by Gasteiger charge is -1.97. The van der Waals surface area contributed by atoms with Crippen LogP contribution in [0.4, 0.5) is 0 Å². The maximum atomic E-state index is 12.1. The minimum absolute atomic E-state index is 0.116. The third-order valence-corrected chi connectivity index (χ3v) is 3.73. The zero-order valence-electron chi connectivity index (χ0n) is 13.4. The quantitative estimate of drug-likeness (QED) is 0.522. The highest BCUT2D eigenvalue weighted by Crippen LogP contribution is 2.20. The highest BCUT2D eigenvalue weighted by atomic mass is 16.6. The zero-order valence-corrected chi connectivity index (χ0v) is 13.4. The third-order valence-electron chi connectivity index (χ3n) is 3.73. The lowest BCUT2D eigenvalue weighted by atomic mass is 10.1. The Balaban J connectivity index is 1.44. The Labute approximate surface area is 143 Å². The molecule has 0 atom stereocenters. The molecule has 0 fully saturated rings. The molecule has 0 amide bonds. The van der Waals surface area contributed by atoms with Gasteiger partial charge in [-0.05, 0) is 19.1 Å². The number of para-hydroxylation sites is 1. The molecule has 0 saturated heterocycles. The molecule has 0 radical (unpaired) electrons. The summed E-state index contributed by atoms with van der Waals surface area (Å²) in [5, 5.41) is 4.74. The number of hydrogen-bond acceptors (Lipinski definition) is 6. The summed E-state index contributed by atoms with van der Waals surface area (Å²) in [4.78, 5) is 16.3. The summed E-state index contributed by atoms with van der Waals surface area (Å²) < 4.78 is 15.8. The summed E-state index contributed by atoms with van der Waals surface area (Å²) in [5.41, 5.74) is 2.62. The van der Waals surface area contributed by atoms with Crippen molar-refractivity contribution in [1.29, 1.82) is 0 Å². The molecule has 2 heterocycles. The van der Waals surface area contributed by atoms with Gasteiger partial charge >= 0.3 is 5.97 Å². The van der Waals surface area contributed by atoms with E-state index in [0.717, 1.165) is 16.5 Å². The number of hydrogen-bond donors (Lipinski definition) is 0. The number of rotatable bonds is 4. The number of ether oxygens (including phenoxy) is 1. The molecule has 0 aliphatic rings. The van der Waals surface area contributed by atoms with Gasteiger partial charge in [0.25, 0.3) is 5.89 Å². The molecule has 4 aromatic rings.